The van der Waals surface area contributed by atoms with Crippen molar-refractivity contribution < 1.29 is 4.74 Å². The fourth-order valence-electron chi connectivity index (χ4n) is 3.33. The van der Waals surface area contributed by atoms with E-state index in [1.54, 1.807) is 0 Å². The number of ether oxygens (including phenoxy) is 1. The fraction of sp³-hybridized carbons (Fsp3) is 0.478. The Labute approximate surface area is 168 Å². The lowest BCUT2D eigenvalue weighted by Crippen LogP contribution is -2.32. The molecule has 28 heavy (non-hydrogen) atoms. The van der Waals surface area contributed by atoms with Crippen molar-refractivity contribution in [2.45, 2.75) is 46.6 Å². The molecule has 1 aromatic carbocycles. The Bertz CT molecular complexity index is 926. The Morgan fingerprint density at radius 3 is 2.57 bits per heavy atom. The number of nitrogens with zero attached hydrogens (tertiary/aromatic N) is 3. The summed E-state index contributed by atoms with van der Waals surface area (Å²) in [5, 5.41) is 9.15. The second kappa shape index (κ2) is 8.31. The topological polar surface area (TPSA) is 52.0 Å². The molecule has 2 aromatic heterocycles. The highest BCUT2D eigenvalue weighted by Gasteiger charge is 2.20. The van der Waals surface area contributed by atoms with Gasteiger partial charge in [0.05, 0.1) is 12.3 Å². The zero-order valence-electron chi connectivity index (χ0n) is 17.9. The third-order valence-electron chi connectivity index (χ3n) is 5.03. The van der Waals surface area contributed by atoms with Crippen molar-refractivity contribution in [2.75, 3.05) is 13.2 Å². The van der Waals surface area contributed by atoms with Gasteiger partial charge in [0.1, 0.15) is 5.75 Å². The van der Waals surface area contributed by atoms with Crippen molar-refractivity contribution in [3.8, 4) is 5.75 Å². The van der Waals surface area contributed by atoms with E-state index >= 15 is 0 Å². The second-order valence-corrected chi connectivity index (χ2v) is 8.64. The third kappa shape index (κ3) is 4.71. The van der Waals surface area contributed by atoms with Gasteiger partial charge in [0.2, 0.25) is 0 Å². The molecule has 5 heteroatoms. The van der Waals surface area contributed by atoms with Crippen LogP contribution in [0.5, 0.6) is 5.75 Å². The predicted molar refractivity (Wildman–Crippen MR) is 115 cm³/mol. The van der Waals surface area contributed by atoms with Gasteiger partial charge < -0.3 is 10.1 Å². The molecule has 0 aliphatic carbocycles. The zero-order chi connectivity index (χ0) is 20.3. The standard InChI is InChI=1S/C23H32N4O/c1-16(2)14-28-20-9-7-19(8-10-20)23(4,5)15-24-12-18-11-21-17(3)26-27(6)22(21)25-13-18/h7-11,13,16,24H,12,14-15H2,1-6H3. The molecule has 3 rings (SSSR count). The number of pyridine rings is 1. The summed E-state index contributed by atoms with van der Waals surface area (Å²) in [5.41, 5.74) is 4.46. The lowest BCUT2D eigenvalue weighted by molar-refractivity contribution is 0.271. The largest absolute Gasteiger partial charge is 0.493 e. The van der Waals surface area contributed by atoms with Gasteiger partial charge in [-0.2, -0.15) is 5.10 Å². The SMILES string of the molecule is Cc1nn(C)c2ncc(CNCC(C)(C)c3ccc(OCC(C)C)cc3)cc12. The zero-order valence-corrected chi connectivity index (χ0v) is 17.9. The summed E-state index contributed by atoms with van der Waals surface area (Å²) in [6.07, 6.45) is 1.93. The van der Waals surface area contributed by atoms with Gasteiger partial charge in [-0.15, -0.1) is 0 Å². The lowest BCUT2D eigenvalue weighted by atomic mass is 9.84. The number of nitrogens with one attached hydrogen (secondary N) is 1. The molecular formula is C23H32N4O. The molecule has 0 saturated heterocycles. The van der Waals surface area contributed by atoms with E-state index in [9.17, 15) is 0 Å². The minimum absolute atomic E-state index is 0.0261. The van der Waals surface area contributed by atoms with Crippen LogP contribution in [0.3, 0.4) is 0 Å². The first-order chi connectivity index (χ1) is 13.3. The van der Waals surface area contributed by atoms with Crippen LogP contribution in [0, 0.1) is 12.8 Å². The highest BCUT2D eigenvalue weighted by Crippen LogP contribution is 2.25. The van der Waals surface area contributed by atoms with Crippen LogP contribution in [0.1, 0.15) is 44.5 Å². The summed E-state index contributed by atoms with van der Waals surface area (Å²) >= 11 is 0. The van der Waals surface area contributed by atoms with Gasteiger partial charge in [-0.25, -0.2) is 4.98 Å². The molecule has 0 amide bonds. The van der Waals surface area contributed by atoms with Crippen LogP contribution in [0.4, 0.5) is 0 Å². The third-order valence-corrected chi connectivity index (χ3v) is 5.03. The molecular weight excluding hydrogens is 348 g/mol. The maximum Gasteiger partial charge on any atom is 0.157 e. The van der Waals surface area contributed by atoms with E-state index in [-0.39, 0.29) is 5.41 Å². The molecule has 0 spiro atoms. The average Bonchev–Trinajstić information content (AvgIpc) is 2.94. The summed E-state index contributed by atoms with van der Waals surface area (Å²) in [6.45, 7) is 13.3. The van der Waals surface area contributed by atoms with E-state index in [4.69, 9.17) is 4.74 Å². The van der Waals surface area contributed by atoms with Crippen molar-refractivity contribution in [3.63, 3.8) is 0 Å². The van der Waals surface area contributed by atoms with E-state index in [0.29, 0.717) is 5.92 Å². The van der Waals surface area contributed by atoms with E-state index < -0.39 is 0 Å². The van der Waals surface area contributed by atoms with E-state index in [2.05, 4.69) is 73.4 Å². The molecule has 0 bridgehead atoms. The average molecular weight is 381 g/mol. The van der Waals surface area contributed by atoms with Gasteiger partial charge in [-0.3, -0.25) is 4.68 Å². The number of rotatable bonds is 8. The van der Waals surface area contributed by atoms with Gasteiger partial charge in [0, 0.05) is 37.1 Å². The number of fused-ring (bicyclic) bond motifs is 1. The van der Waals surface area contributed by atoms with Crippen LogP contribution in [0.25, 0.3) is 11.0 Å². The number of aryl methyl sites for hydroxylation is 2. The van der Waals surface area contributed by atoms with Crippen LogP contribution >= 0.6 is 0 Å². The van der Waals surface area contributed by atoms with Crippen LogP contribution in [0.2, 0.25) is 0 Å². The summed E-state index contributed by atoms with van der Waals surface area (Å²) in [7, 11) is 1.93. The van der Waals surface area contributed by atoms with Gasteiger partial charge in [0.25, 0.3) is 0 Å². The van der Waals surface area contributed by atoms with Crippen molar-refractivity contribution in [1.82, 2.24) is 20.1 Å². The Morgan fingerprint density at radius 1 is 1.18 bits per heavy atom. The number of aromatic nitrogens is 3. The van der Waals surface area contributed by atoms with Crippen LogP contribution in [-0.4, -0.2) is 27.9 Å². The first kappa shape index (κ1) is 20.3. The smallest absolute Gasteiger partial charge is 0.157 e. The van der Waals surface area contributed by atoms with Crippen LogP contribution < -0.4 is 10.1 Å². The van der Waals surface area contributed by atoms with Gasteiger partial charge in [0.15, 0.2) is 5.65 Å². The molecule has 0 atom stereocenters. The fourth-order valence-corrected chi connectivity index (χ4v) is 3.33. The maximum atomic E-state index is 5.79. The highest BCUT2D eigenvalue weighted by atomic mass is 16.5. The number of benzene rings is 1. The molecule has 3 aromatic rings. The molecule has 0 fully saturated rings. The van der Waals surface area contributed by atoms with E-state index in [1.165, 1.54) is 11.1 Å². The van der Waals surface area contributed by atoms with E-state index in [1.807, 2.05) is 24.9 Å². The van der Waals surface area contributed by atoms with Crippen molar-refractivity contribution in [1.29, 1.82) is 0 Å². The van der Waals surface area contributed by atoms with Crippen molar-refractivity contribution in [2.24, 2.45) is 13.0 Å². The molecule has 5 nitrogen and oxygen atoms in total. The molecule has 2 heterocycles. The van der Waals surface area contributed by atoms with Gasteiger partial charge in [-0.1, -0.05) is 39.8 Å². The van der Waals surface area contributed by atoms with Crippen molar-refractivity contribution >= 4 is 11.0 Å². The first-order valence-corrected chi connectivity index (χ1v) is 9.98. The highest BCUT2D eigenvalue weighted by molar-refractivity contribution is 5.78. The molecule has 0 radical (unpaired) electrons. The van der Waals surface area contributed by atoms with Crippen molar-refractivity contribution in [3.05, 3.63) is 53.3 Å². The Kier molecular flexibility index (Phi) is 6.04. The minimum Gasteiger partial charge on any atom is -0.493 e. The Balaban J connectivity index is 1.59. The number of hydrogen-bond donors (Lipinski definition) is 1. The molecule has 1 N–H and O–H groups in total. The Morgan fingerprint density at radius 2 is 1.89 bits per heavy atom. The van der Waals surface area contributed by atoms with Gasteiger partial charge >= 0.3 is 0 Å². The van der Waals surface area contributed by atoms with Crippen LogP contribution in [-0.2, 0) is 19.0 Å². The summed E-state index contributed by atoms with van der Waals surface area (Å²) in [5.74, 6) is 1.47. The lowest BCUT2D eigenvalue weighted by Gasteiger charge is -2.26. The maximum absolute atomic E-state index is 5.79. The van der Waals surface area contributed by atoms with E-state index in [0.717, 1.165) is 42.2 Å². The monoisotopic (exact) mass is 380 g/mol. The quantitative estimate of drug-likeness (QED) is 0.630. The number of hydrogen-bond acceptors (Lipinski definition) is 4. The summed E-state index contributed by atoms with van der Waals surface area (Å²) in [4.78, 5) is 4.56. The first-order valence-electron chi connectivity index (χ1n) is 9.98. The predicted octanol–water partition coefficient (Wildman–Crippen LogP) is 4.38. The minimum atomic E-state index is 0.0261. The molecule has 150 valence electrons. The summed E-state index contributed by atoms with van der Waals surface area (Å²) in [6, 6.07) is 10.7. The van der Waals surface area contributed by atoms with Crippen LogP contribution in [0.15, 0.2) is 36.5 Å². The molecule has 0 aliphatic heterocycles. The second-order valence-electron chi connectivity index (χ2n) is 8.64. The Hall–Kier alpha value is -2.40. The summed E-state index contributed by atoms with van der Waals surface area (Å²) < 4.78 is 7.62. The molecule has 0 aliphatic rings. The molecule has 0 unspecified atom stereocenters. The normalized spacial score (nSPS) is 12.1. The molecule has 0 saturated carbocycles. The van der Waals surface area contributed by atoms with Gasteiger partial charge in [-0.05, 0) is 42.2 Å².